The lowest BCUT2D eigenvalue weighted by molar-refractivity contribution is -0.119. The van der Waals surface area contributed by atoms with Crippen LogP contribution in [0.1, 0.15) is 29.5 Å². The van der Waals surface area contributed by atoms with Crippen molar-refractivity contribution in [1.82, 2.24) is 9.97 Å². The van der Waals surface area contributed by atoms with E-state index in [9.17, 15) is 9.90 Å². The van der Waals surface area contributed by atoms with Crippen LogP contribution in [0.25, 0.3) is 0 Å². The number of Topliss-reactive ketones (excluding diaryl/α,β-unsaturated/α-hetero) is 1. The van der Waals surface area contributed by atoms with Crippen LogP contribution >= 0.6 is 0 Å². The Hall–Kier alpha value is -3.69. The summed E-state index contributed by atoms with van der Waals surface area (Å²) < 4.78 is 5.55. The minimum atomic E-state index is 0.0219. The van der Waals surface area contributed by atoms with Gasteiger partial charge in [0.15, 0.2) is 0 Å². The van der Waals surface area contributed by atoms with Gasteiger partial charge in [-0.15, -0.1) is 0 Å². The Morgan fingerprint density at radius 3 is 2.43 bits per heavy atom. The number of rotatable bonds is 8. The molecule has 0 radical (unpaired) electrons. The molecule has 0 saturated carbocycles. The Morgan fingerprint density at radius 2 is 1.70 bits per heavy atom. The predicted octanol–water partition coefficient (Wildman–Crippen LogP) is 3.64. The molecule has 2 saturated heterocycles. The molecule has 5 rings (SSSR count). The van der Waals surface area contributed by atoms with Crippen molar-refractivity contribution in [2.24, 2.45) is 0 Å². The SMILES string of the molecule is Cc1ccc(CO)cc1CNc1ccnc(Nc2cc(N3CCOCC3)cc(N3CCC(=O)CC3)c2)n1. The Kier molecular flexibility index (Phi) is 7.82. The number of ether oxygens (including phenoxy) is 1. The molecule has 1 aromatic heterocycles. The van der Waals surface area contributed by atoms with Gasteiger partial charge in [0.25, 0.3) is 0 Å². The lowest BCUT2D eigenvalue weighted by Gasteiger charge is -2.32. The first kappa shape index (κ1) is 25.0. The third-order valence-electron chi connectivity index (χ3n) is 6.93. The number of nitrogens with zero attached hydrogens (tertiary/aromatic N) is 4. The molecule has 0 atom stereocenters. The second-order valence-corrected chi connectivity index (χ2v) is 9.53. The zero-order chi connectivity index (χ0) is 25.6. The van der Waals surface area contributed by atoms with Gasteiger partial charge < -0.3 is 30.3 Å². The number of piperidine rings is 1. The summed E-state index contributed by atoms with van der Waals surface area (Å²) in [5.74, 6) is 1.55. The first-order chi connectivity index (χ1) is 18.1. The van der Waals surface area contributed by atoms with Gasteiger partial charge in [0.05, 0.1) is 19.8 Å². The number of aryl methyl sites for hydroxylation is 1. The van der Waals surface area contributed by atoms with Crippen molar-refractivity contribution in [3.05, 3.63) is 65.4 Å². The van der Waals surface area contributed by atoms with Gasteiger partial charge in [-0.1, -0.05) is 18.2 Å². The molecule has 3 heterocycles. The van der Waals surface area contributed by atoms with Gasteiger partial charge >= 0.3 is 0 Å². The number of benzene rings is 2. The average molecular weight is 503 g/mol. The van der Waals surface area contributed by atoms with E-state index in [2.05, 4.69) is 55.5 Å². The van der Waals surface area contributed by atoms with E-state index in [0.717, 1.165) is 59.9 Å². The van der Waals surface area contributed by atoms with Gasteiger partial charge in [0, 0.05) is 68.8 Å². The summed E-state index contributed by atoms with van der Waals surface area (Å²) >= 11 is 0. The molecule has 9 nitrogen and oxygen atoms in total. The van der Waals surface area contributed by atoms with Gasteiger partial charge in [0.1, 0.15) is 11.6 Å². The highest BCUT2D eigenvalue weighted by Gasteiger charge is 2.20. The van der Waals surface area contributed by atoms with Crippen LogP contribution in [-0.4, -0.2) is 60.3 Å². The quantitative estimate of drug-likeness (QED) is 0.426. The summed E-state index contributed by atoms with van der Waals surface area (Å²) in [6, 6.07) is 14.2. The molecule has 2 aromatic carbocycles. The fraction of sp³-hybridized carbons (Fsp3) is 0.393. The molecule has 2 aliphatic heterocycles. The molecule has 9 heteroatoms. The van der Waals surface area contributed by atoms with Crippen LogP contribution in [0.15, 0.2) is 48.7 Å². The maximum atomic E-state index is 11.8. The van der Waals surface area contributed by atoms with E-state index in [1.807, 2.05) is 24.3 Å². The number of carbonyl (C=O) groups is 1. The van der Waals surface area contributed by atoms with E-state index in [1.54, 1.807) is 6.20 Å². The predicted molar refractivity (Wildman–Crippen MR) is 146 cm³/mol. The van der Waals surface area contributed by atoms with Crippen molar-refractivity contribution in [3.63, 3.8) is 0 Å². The van der Waals surface area contributed by atoms with Crippen LogP contribution in [-0.2, 0) is 22.7 Å². The zero-order valence-corrected chi connectivity index (χ0v) is 21.2. The third-order valence-corrected chi connectivity index (χ3v) is 6.93. The first-order valence-electron chi connectivity index (χ1n) is 12.8. The van der Waals surface area contributed by atoms with Crippen molar-refractivity contribution in [2.45, 2.75) is 32.9 Å². The molecule has 194 valence electrons. The van der Waals surface area contributed by atoms with Crippen molar-refractivity contribution < 1.29 is 14.6 Å². The Bertz CT molecular complexity index is 1230. The summed E-state index contributed by atoms with van der Waals surface area (Å²) in [5.41, 5.74) is 6.27. The maximum Gasteiger partial charge on any atom is 0.229 e. The van der Waals surface area contributed by atoms with Crippen LogP contribution in [0.5, 0.6) is 0 Å². The highest BCUT2D eigenvalue weighted by Crippen LogP contribution is 2.31. The molecule has 0 spiro atoms. The molecule has 0 amide bonds. The largest absolute Gasteiger partial charge is 0.392 e. The highest BCUT2D eigenvalue weighted by atomic mass is 16.5. The molecule has 3 N–H and O–H groups in total. The van der Waals surface area contributed by atoms with Gasteiger partial charge in [-0.25, -0.2) is 4.98 Å². The smallest absolute Gasteiger partial charge is 0.229 e. The molecule has 37 heavy (non-hydrogen) atoms. The van der Waals surface area contributed by atoms with E-state index in [4.69, 9.17) is 4.74 Å². The van der Waals surface area contributed by atoms with E-state index < -0.39 is 0 Å². The number of hydrogen-bond acceptors (Lipinski definition) is 9. The summed E-state index contributed by atoms with van der Waals surface area (Å²) in [6.07, 6.45) is 2.90. The summed E-state index contributed by atoms with van der Waals surface area (Å²) in [6.45, 7) is 7.25. The number of aliphatic hydroxyl groups excluding tert-OH is 1. The fourth-order valence-corrected chi connectivity index (χ4v) is 4.71. The molecule has 2 fully saturated rings. The summed E-state index contributed by atoms with van der Waals surface area (Å²) in [5, 5.41) is 16.2. The molecule has 0 unspecified atom stereocenters. The molecule has 2 aliphatic rings. The second-order valence-electron chi connectivity index (χ2n) is 9.53. The summed E-state index contributed by atoms with van der Waals surface area (Å²) in [7, 11) is 0. The Balaban J connectivity index is 1.34. The molecule has 3 aromatic rings. The fourth-order valence-electron chi connectivity index (χ4n) is 4.71. The van der Waals surface area contributed by atoms with Crippen LogP contribution in [0.4, 0.5) is 28.8 Å². The van der Waals surface area contributed by atoms with Crippen LogP contribution in [0.3, 0.4) is 0 Å². The molecule has 0 bridgehead atoms. The van der Waals surface area contributed by atoms with Crippen molar-refractivity contribution >= 4 is 34.6 Å². The van der Waals surface area contributed by atoms with Crippen LogP contribution in [0.2, 0.25) is 0 Å². The number of aromatic nitrogens is 2. The zero-order valence-electron chi connectivity index (χ0n) is 21.2. The first-order valence-corrected chi connectivity index (χ1v) is 12.8. The number of anilines is 5. The van der Waals surface area contributed by atoms with Crippen LogP contribution < -0.4 is 20.4 Å². The number of nitrogens with one attached hydrogen (secondary N) is 2. The number of hydrogen-bond donors (Lipinski definition) is 3. The normalized spacial score (nSPS) is 16.1. The van der Waals surface area contributed by atoms with Gasteiger partial charge in [-0.3, -0.25) is 4.79 Å². The number of morpholine rings is 1. The monoisotopic (exact) mass is 502 g/mol. The Labute approximate surface area is 217 Å². The van der Waals surface area contributed by atoms with E-state index >= 15 is 0 Å². The third kappa shape index (κ3) is 6.36. The topological polar surface area (TPSA) is 103 Å². The molecular formula is C28H34N6O3. The number of aliphatic hydroxyl groups is 1. The minimum Gasteiger partial charge on any atom is -0.392 e. The van der Waals surface area contributed by atoms with Gasteiger partial charge in [-0.05, 0) is 47.9 Å². The van der Waals surface area contributed by atoms with Gasteiger partial charge in [0.2, 0.25) is 5.95 Å². The van der Waals surface area contributed by atoms with E-state index in [-0.39, 0.29) is 6.61 Å². The van der Waals surface area contributed by atoms with Crippen molar-refractivity contribution in [3.8, 4) is 0 Å². The van der Waals surface area contributed by atoms with Crippen molar-refractivity contribution in [2.75, 3.05) is 59.8 Å². The number of ketones is 1. The summed E-state index contributed by atoms with van der Waals surface area (Å²) in [4.78, 5) is 25.5. The van der Waals surface area contributed by atoms with E-state index in [1.165, 1.54) is 0 Å². The standard InChI is InChI=1S/C28H34N6O3/c1-20-2-3-21(19-35)14-22(20)18-30-27-4-7-29-28(32-27)31-23-15-24(33-8-5-26(36)6-9-33)17-25(16-23)34-10-12-37-13-11-34/h2-4,7,14-17,35H,5-6,8-13,18-19H2,1H3,(H2,29,30,31,32). The number of carbonyl (C=O) groups excluding carboxylic acids is 1. The lowest BCUT2D eigenvalue weighted by Crippen LogP contribution is -2.37. The van der Waals surface area contributed by atoms with Crippen molar-refractivity contribution in [1.29, 1.82) is 0 Å². The lowest BCUT2D eigenvalue weighted by atomic mass is 10.1. The van der Waals surface area contributed by atoms with Gasteiger partial charge in [-0.2, -0.15) is 4.98 Å². The second kappa shape index (κ2) is 11.6. The average Bonchev–Trinajstić information content (AvgIpc) is 2.93. The maximum absolute atomic E-state index is 11.8. The van der Waals surface area contributed by atoms with E-state index in [0.29, 0.717) is 50.1 Å². The minimum absolute atomic E-state index is 0.0219. The Morgan fingerprint density at radius 1 is 0.973 bits per heavy atom. The van der Waals surface area contributed by atoms with Crippen LogP contribution in [0, 0.1) is 6.92 Å². The highest BCUT2D eigenvalue weighted by molar-refractivity contribution is 5.81. The molecule has 0 aliphatic carbocycles. The molecular weight excluding hydrogens is 468 g/mol.